The number of carbonyl (C=O) groups is 1. The van der Waals surface area contributed by atoms with Crippen molar-refractivity contribution >= 4 is 23.7 Å². The van der Waals surface area contributed by atoms with Crippen molar-refractivity contribution in [1.82, 2.24) is 5.43 Å². The van der Waals surface area contributed by atoms with E-state index in [0.29, 0.717) is 23.5 Å². The number of amides is 1. The van der Waals surface area contributed by atoms with Gasteiger partial charge in [0.05, 0.1) is 25.0 Å². The number of hydrazone groups is 1. The first-order valence-corrected chi connectivity index (χ1v) is 7.55. The highest BCUT2D eigenvalue weighted by atomic mass is 35.5. The van der Waals surface area contributed by atoms with Crippen LogP contribution < -0.4 is 14.9 Å². The van der Waals surface area contributed by atoms with Crippen molar-refractivity contribution in [3.8, 4) is 17.2 Å². The van der Waals surface area contributed by atoms with Crippen LogP contribution in [0.15, 0.2) is 41.5 Å². The summed E-state index contributed by atoms with van der Waals surface area (Å²) in [6, 6.07) is 9.78. The standard InChI is InChI=1S/C17H17ClN2O4/c1-3-24-13-6-4-12(5-7-13)17(22)20-19-10-11-8-14(18)16(21)15(9-11)23-2/h4-10,21H,3H2,1-2H3,(H,20,22)/b19-10-. The predicted octanol–water partition coefficient (Wildman–Crippen LogP) is 3.22. The second kappa shape index (κ2) is 8.21. The first-order valence-electron chi connectivity index (χ1n) is 7.18. The number of aromatic hydroxyl groups is 1. The molecule has 2 N–H and O–H groups in total. The van der Waals surface area contributed by atoms with Crippen LogP contribution >= 0.6 is 11.6 Å². The van der Waals surface area contributed by atoms with Crippen molar-refractivity contribution in [1.29, 1.82) is 0 Å². The highest BCUT2D eigenvalue weighted by molar-refractivity contribution is 6.32. The molecule has 2 aromatic rings. The predicted molar refractivity (Wildman–Crippen MR) is 92.3 cm³/mol. The minimum absolute atomic E-state index is 0.133. The molecule has 0 fully saturated rings. The summed E-state index contributed by atoms with van der Waals surface area (Å²) in [5, 5.41) is 13.7. The molecule has 0 aromatic heterocycles. The van der Waals surface area contributed by atoms with Crippen LogP contribution in [0.25, 0.3) is 0 Å². The van der Waals surface area contributed by atoms with Crippen LogP contribution in [-0.2, 0) is 0 Å². The number of nitrogens with one attached hydrogen (secondary N) is 1. The van der Waals surface area contributed by atoms with Crippen LogP contribution in [0.5, 0.6) is 17.2 Å². The molecule has 2 aromatic carbocycles. The van der Waals surface area contributed by atoms with Crippen molar-refractivity contribution in [3.63, 3.8) is 0 Å². The number of phenolic OH excluding ortho intramolecular Hbond substituents is 1. The van der Waals surface area contributed by atoms with E-state index in [1.807, 2.05) is 6.92 Å². The third-order valence-electron chi connectivity index (χ3n) is 3.08. The Morgan fingerprint density at radius 1 is 1.33 bits per heavy atom. The molecule has 7 heteroatoms. The Morgan fingerprint density at radius 2 is 2.04 bits per heavy atom. The van der Waals surface area contributed by atoms with Crippen LogP contribution in [0.1, 0.15) is 22.8 Å². The summed E-state index contributed by atoms with van der Waals surface area (Å²) in [4.78, 5) is 12.0. The summed E-state index contributed by atoms with van der Waals surface area (Å²) in [7, 11) is 1.42. The summed E-state index contributed by atoms with van der Waals surface area (Å²) in [6.45, 7) is 2.45. The van der Waals surface area contributed by atoms with E-state index >= 15 is 0 Å². The van der Waals surface area contributed by atoms with Gasteiger partial charge in [-0.25, -0.2) is 5.43 Å². The van der Waals surface area contributed by atoms with Crippen LogP contribution in [0.2, 0.25) is 5.02 Å². The zero-order valence-corrected chi connectivity index (χ0v) is 14.0. The van der Waals surface area contributed by atoms with Crippen LogP contribution in [0.4, 0.5) is 0 Å². The van der Waals surface area contributed by atoms with Gasteiger partial charge in [-0.3, -0.25) is 4.79 Å². The minimum atomic E-state index is -0.355. The van der Waals surface area contributed by atoms with Gasteiger partial charge in [0.25, 0.3) is 5.91 Å². The molecule has 0 aliphatic heterocycles. The summed E-state index contributed by atoms with van der Waals surface area (Å²) in [5.41, 5.74) is 3.44. The van der Waals surface area contributed by atoms with E-state index in [1.54, 1.807) is 30.3 Å². The molecule has 0 aliphatic carbocycles. The lowest BCUT2D eigenvalue weighted by Gasteiger charge is -2.06. The number of ether oxygens (including phenoxy) is 2. The van der Waals surface area contributed by atoms with Gasteiger partial charge < -0.3 is 14.6 Å². The van der Waals surface area contributed by atoms with E-state index in [4.69, 9.17) is 21.1 Å². The molecule has 0 saturated carbocycles. The molecule has 24 heavy (non-hydrogen) atoms. The van der Waals surface area contributed by atoms with E-state index < -0.39 is 0 Å². The van der Waals surface area contributed by atoms with Gasteiger partial charge in [0.2, 0.25) is 0 Å². The van der Waals surface area contributed by atoms with Crippen molar-refractivity contribution in [2.24, 2.45) is 5.10 Å². The molecule has 126 valence electrons. The second-order valence-corrected chi connectivity index (χ2v) is 5.12. The van der Waals surface area contributed by atoms with Gasteiger partial charge in [-0.2, -0.15) is 5.10 Å². The molecular formula is C17H17ClN2O4. The lowest BCUT2D eigenvalue weighted by Crippen LogP contribution is -2.17. The van der Waals surface area contributed by atoms with Gasteiger partial charge in [0, 0.05) is 5.56 Å². The largest absolute Gasteiger partial charge is 0.503 e. The Bertz CT molecular complexity index is 745. The Labute approximate surface area is 144 Å². The number of hydrogen-bond donors (Lipinski definition) is 2. The average Bonchev–Trinajstić information content (AvgIpc) is 2.58. The van der Waals surface area contributed by atoms with E-state index in [0.717, 1.165) is 0 Å². The fourth-order valence-electron chi connectivity index (χ4n) is 1.92. The van der Waals surface area contributed by atoms with E-state index in [1.165, 1.54) is 19.4 Å². The fraction of sp³-hybridized carbons (Fsp3) is 0.176. The maximum atomic E-state index is 12.0. The number of benzene rings is 2. The average molecular weight is 349 g/mol. The Morgan fingerprint density at radius 3 is 2.67 bits per heavy atom. The molecule has 0 bridgehead atoms. The third-order valence-corrected chi connectivity index (χ3v) is 3.37. The van der Waals surface area contributed by atoms with Gasteiger partial charge >= 0.3 is 0 Å². The molecule has 1 amide bonds. The van der Waals surface area contributed by atoms with E-state index in [-0.39, 0.29) is 22.4 Å². The molecule has 0 radical (unpaired) electrons. The quantitative estimate of drug-likeness (QED) is 0.620. The number of phenols is 1. The maximum absolute atomic E-state index is 12.0. The molecule has 0 spiro atoms. The highest BCUT2D eigenvalue weighted by Crippen LogP contribution is 2.34. The first-order chi connectivity index (χ1) is 11.5. The van der Waals surface area contributed by atoms with Gasteiger partial charge in [0.15, 0.2) is 11.5 Å². The molecule has 2 rings (SSSR count). The number of carbonyl (C=O) groups excluding carboxylic acids is 1. The van der Waals surface area contributed by atoms with Crippen molar-refractivity contribution in [2.75, 3.05) is 13.7 Å². The normalized spacial score (nSPS) is 10.6. The molecule has 0 heterocycles. The molecule has 0 aliphatic rings. The molecule has 0 saturated heterocycles. The van der Waals surface area contributed by atoms with Crippen LogP contribution in [0.3, 0.4) is 0 Å². The van der Waals surface area contributed by atoms with Crippen molar-refractivity contribution < 1.29 is 19.4 Å². The second-order valence-electron chi connectivity index (χ2n) is 4.71. The Kier molecular flexibility index (Phi) is 6.03. The molecular weight excluding hydrogens is 332 g/mol. The van der Waals surface area contributed by atoms with E-state index in [9.17, 15) is 9.90 Å². The van der Waals surface area contributed by atoms with Crippen molar-refractivity contribution in [2.45, 2.75) is 6.92 Å². The lowest BCUT2D eigenvalue weighted by atomic mass is 10.2. The molecule has 0 unspecified atom stereocenters. The number of hydrogen-bond acceptors (Lipinski definition) is 5. The molecule has 6 nitrogen and oxygen atoms in total. The smallest absolute Gasteiger partial charge is 0.271 e. The Balaban J connectivity index is 2.03. The number of halogens is 1. The zero-order valence-electron chi connectivity index (χ0n) is 13.2. The van der Waals surface area contributed by atoms with Crippen LogP contribution in [0, 0.1) is 0 Å². The van der Waals surface area contributed by atoms with Gasteiger partial charge in [-0.15, -0.1) is 0 Å². The van der Waals surface area contributed by atoms with Gasteiger partial charge in [-0.1, -0.05) is 11.6 Å². The number of methoxy groups -OCH3 is 1. The lowest BCUT2D eigenvalue weighted by molar-refractivity contribution is 0.0955. The van der Waals surface area contributed by atoms with Gasteiger partial charge in [-0.05, 0) is 48.9 Å². The topological polar surface area (TPSA) is 80.2 Å². The summed E-state index contributed by atoms with van der Waals surface area (Å²) >= 11 is 5.88. The zero-order chi connectivity index (χ0) is 17.5. The summed E-state index contributed by atoms with van der Waals surface area (Å²) < 4.78 is 10.3. The SMILES string of the molecule is CCOc1ccc(C(=O)N/N=C\c2cc(Cl)c(O)c(OC)c2)cc1. The maximum Gasteiger partial charge on any atom is 0.271 e. The third kappa shape index (κ3) is 4.39. The van der Waals surface area contributed by atoms with Crippen molar-refractivity contribution in [3.05, 3.63) is 52.5 Å². The minimum Gasteiger partial charge on any atom is -0.503 e. The highest BCUT2D eigenvalue weighted by Gasteiger charge is 2.08. The van der Waals surface area contributed by atoms with Crippen LogP contribution in [-0.4, -0.2) is 30.9 Å². The summed E-state index contributed by atoms with van der Waals surface area (Å²) in [6.07, 6.45) is 1.40. The number of nitrogens with zero attached hydrogens (tertiary/aromatic N) is 1. The summed E-state index contributed by atoms with van der Waals surface area (Å²) in [5.74, 6) is 0.422. The number of rotatable bonds is 6. The van der Waals surface area contributed by atoms with E-state index in [2.05, 4.69) is 10.5 Å². The first kappa shape index (κ1) is 17.6. The molecule has 0 atom stereocenters. The monoisotopic (exact) mass is 348 g/mol. The Hall–Kier alpha value is -2.73. The van der Waals surface area contributed by atoms with Gasteiger partial charge in [0.1, 0.15) is 5.75 Å². The fourth-order valence-corrected chi connectivity index (χ4v) is 2.14.